The van der Waals surface area contributed by atoms with Crippen molar-refractivity contribution >= 4 is 5.91 Å². The van der Waals surface area contributed by atoms with Crippen LogP contribution in [0.2, 0.25) is 0 Å². The largest absolute Gasteiger partial charge is 0.508 e. The van der Waals surface area contributed by atoms with Crippen LogP contribution in [0.15, 0.2) is 24.3 Å². The van der Waals surface area contributed by atoms with Crippen LogP contribution in [0, 0.1) is 0 Å². The molecule has 0 saturated heterocycles. The molecule has 20 heavy (non-hydrogen) atoms. The van der Waals surface area contributed by atoms with E-state index >= 15 is 0 Å². The molecule has 2 atom stereocenters. The van der Waals surface area contributed by atoms with Crippen molar-refractivity contribution < 1.29 is 19.7 Å². The molecule has 0 fully saturated rings. The van der Waals surface area contributed by atoms with Crippen LogP contribution in [-0.4, -0.2) is 48.5 Å². The number of aromatic hydroxyl groups is 1. The minimum absolute atomic E-state index is 0.0263. The Morgan fingerprint density at radius 2 is 2.05 bits per heavy atom. The summed E-state index contributed by atoms with van der Waals surface area (Å²) in [4.78, 5) is 12.0. The number of amides is 1. The van der Waals surface area contributed by atoms with E-state index in [1.807, 2.05) is 0 Å². The molecular formula is C14H22N2O4. The second kappa shape index (κ2) is 8.52. The van der Waals surface area contributed by atoms with Gasteiger partial charge in [0.1, 0.15) is 5.75 Å². The van der Waals surface area contributed by atoms with Crippen molar-refractivity contribution in [2.24, 2.45) is 5.73 Å². The first-order valence-corrected chi connectivity index (χ1v) is 6.50. The Hall–Kier alpha value is -1.63. The lowest BCUT2D eigenvalue weighted by atomic mass is 10.1. The first kappa shape index (κ1) is 16.4. The van der Waals surface area contributed by atoms with E-state index in [4.69, 9.17) is 15.6 Å². The molecule has 0 heterocycles. The number of phenolic OH excluding ortho intramolecular Hbond substituents is 1. The highest BCUT2D eigenvalue weighted by Crippen LogP contribution is 2.11. The van der Waals surface area contributed by atoms with Gasteiger partial charge in [-0.25, -0.2) is 0 Å². The number of aliphatic hydroxyl groups excluding tert-OH is 1. The maximum atomic E-state index is 12.0. The Kier molecular flexibility index (Phi) is 7.00. The number of aliphatic hydroxyl groups is 1. The topological polar surface area (TPSA) is 105 Å². The number of carbonyl (C=O) groups excluding carboxylic acids is 1. The summed E-state index contributed by atoms with van der Waals surface area (Å²) in [5, 5.41) is 20.9. The van der Waals surface area contributed by atoms with E-state index in [-0.39, 0.29) is 24.3 Å². The predicted molar refractivity (Wildman–Crippen MR) is 75.3 cm³/mol. The number of rotatable bonds is 8. The maximum absolute atomic E-state index is 12.0. The quantitative estimate of drug-likeness (QED) is 0.527. The van der Waals surface area contributed by atoms with E-state index in [1.54, 1.807) is 24.3 Å². The van der Waals surface area contributed by atoms with Gasteiger partial charge in [0.15, 0.2) is 0 Å². The summed E-state index contributed by atoms with van der Waals surface area (Å²) in [5.74, 6) is -0.108. The van der Waals surface area contributed by atoms with E-state index < -0.39 is 6.04 Å². The summed E-state index contributed by atoms with van der Waals surface area (Å²) in [6.07, 6.45) is 0.802. The number of nitrogens with two attached hydrogens (primary N) is 1. The third-order valence-electron chi connectivity index (χ3n) is 2.92. The van der Waals surface area contributed by atoms with E-state index in [0.717, 1.165) is 5.56 Å². The number of methoxy groups -OCH3 is 1. The van der Waals surface area contributed by atoms with E-state index in [0.29, 0.717) is 19.4 Å². The van der Waals surface area contributed by atoms with Crippen molar-refractivity contribution in [3.05, 3.63) is 29.8 Å². The van der Waals surface area contributed by atoms with E-state index in [9.17, 15) is 9.90 Å². The fourth-order valence-electron chi connectivity index (χ4n) is 1.84. The highest BCUT2D eigenvalue weighted by Gasteiger charge is 2.18. The third-order valence-corrected chi connectivity index (χ3v) is 2.92. The zero-order valence-electron chi connectivity index (χ0n) is 11.6. The van der Waals surface area contributed by atoms with Gasteiger partial charge in [-0.3, -0.25) is 4.79 Å². The lowest BCUT2D eigenvalue weighted by molar-refractivity contribution is -0.123. The molecule has 6 heteroatoms. The Morgan fingerprint density at radius 3 is 2.60 bits per heavy atom. The standard InChI is InChI=1S/C14H22N2O4/c1-20-9-11(6-7-17)16-14(19)13(15)8-10-2-4-12(18)5-3-10/h2-5,11,13,17-18H,6-9,15H2,1H3,(H,16,19). The Bertz CT molecular complexity index is 402. The number of hydrogen-bond acceptors (Lipinski definition) is 5. The average molecular weight is 282 g/mol. The van der Waals surface area contributed by atoms with E-state index in [1.165, 1.54) is 7.11 Å². The van der Waals surface area contributed by atoms with Crippen LogP contribution >= 0.6 is 0 Å². The van der Waals surface area contributed by atoms with Crippen LogP contribution in [0.4, 0.5) is 0 Å². The summed E-state index contributed by atoms with van der Waals surface area (Å²) >= 11 is 0. The third kappa shape index (κ3) is 5.56. The second-order valence-electron chi connectivity index (χ2n) is 4.65. The predicted octanol–water partition coefficient (Wildman–Crippen LogP) is -0.224. The van der Waals surface area contributed by atoms with Gasteiger partial charge in [0.2, 0.25) is 5.91 Å². The lowest BCUT2D eigenvalue weighted by Crippen LogP contribution is -2.48. The molecule has 0 spiro atoms. The Morgan fingerprint density at radius 1 is 1.40 bits per heavy atom. The molecule has 0 aliphatic heterocycles. The number of ether oxygens (including phenoxy) is 1. The summed E-state index contributed by atoms with van der Waals surface area (Å²) < 4.78 is 4.97. The van der Waals surface area contributed by atoms with Crippen molar-refractivity contribution in [3.8, 4) is 5.75 Å². The number of nitrogens with one attached hydrogen (secondary N) is 1. The van der Waals surface area contributed by atoms with Gasteiger partial charge < -0.3 is 26.0 Å². The zero-order chi connectivity index (χ0) is 15.0. The van der Waals surface area contributed by atoms with Crippen molar-refractivity contribution in [2.45, 2.75) is 24.9 Å². The van der Waals surface area contributed by atoms with E-state index in [2.05, 4.69) is 5.32 Å². The molecule has 1 rings (SSSR count). The maximum Gasteiger partial charge on any atom is 0.237 e. The molecule has 2 unspecified atom stereocenters. The van der Waals surface area contributed by atoms with Gasteiger partial charge in [0.05, 0.1) is 18.7 Å². The van der Waals surface area contributed by atoms with Crippen molar-refractivity contribution in [1.82, 2.24) is 5.32 Å². The molecule has 1 aromatic carbocycles. The zero-order valence-corrected chi connectivity index (χ0v) is 11.6. The molecule has 1 amide bonds. The molecule has 0 saturated carbocycles. The van der Waals surface area contributed by atoms with Gasteiger partial charge in [-0.05, 0) is 30.5 Å². The smallest absolute Gasteiger partial charge is 0.237 e. The number of benzene rings is 1. The van der Waals surface area contributed by atoms with Crippen LogP contribution in [0.3, 0.4) is 0 Å². The first-order valence-electron chi connectivity index (χ1n) is 6.50. The van der Waals surface area contributed by atoms with Gasteiger partial charge in [0.25, 0.3) is 0 Å². The van der Waals surface area contributed by atoms with Crippen LogP contribution in [0.5, 0.6) is 5.75 Å². The Balaban J connectivity index is 2.50. The highest BCUT2D eigenvalue weighted by molar-refractivity contribution is 5.82. The number of carbonyl (C=O) groups is 1. The lowest BCUT2D eigenvalue weighted by Gasteiger charge is -2.19. The molecule has 0 aliphatic rings. The summed E-state index contributed by atoms with van der Waals surface area (Å²) in [6.45, 7) is 0.305. The van der Waals surface area contributed by atoms with Crippen molar-refractivity contribution in [1.29, 1.82) is 0 Å². The Labute approximate surface area is 118 Å². The molecule has 0 radical (unpaired) electrons. The van der Waals surface area contributed by atoms with Crippen molar-refractivity contribution in [3.63, 3.8) is 0 Å². The van der Waals surface area contributed by atoms with Gasteiger partial charge >= 0.3 is 0 Å². The van der Waals surface area contributed by atoms with Crippen LogP contribution in [-0.2, 0) is 16.0 Å². The summed E-state index contributed by atoms with van der Waals surface area (Å²) in [5.41, 5.74) is 6.72. The number of phenols is 1. The first-order chi connectivity index (χ1) is 9.56. The molecule has 0 aromatic heterocycles. The van der Waals surface area contributed by atoms with Crippen LogP contribution < -0.4 is 11.1 Å². The molecule has 1 aromatic rings. The summed E-state index contributed by atoms with van der Waals surface area (Å²) in [7, 11) is 1.53. The molecule has 0 aliphatic carbocycles. The van der Waals surface area contributed by atoms with Gasteiger partial charge in [-0.2, -0.15) is 0 Å². The molecule has 0 bridgehead atoms. The second-order valence-corrected chi connectivity index (χ2v) is 4.65. The van der Waals surface area contributed by atoms with Crippen LogP contribution in [0.1, 0.15) is 12.0 Å². The number of hydrogen-bond donors (Lipinski definition) is 4. The van der Waals surface area contributed by atoms with Gasteiger partial charge in [-0.15, -0.1) is 0 Å². The summed E-state index contributed by atoms with van der Waals surface area (Å²) in [6, 6.07) is 5.63. The minimum Gasteiger partial charge on any atom is -0.508 e. The van der Waals surface area contributed by atoms with Crippen molar-refractivity contribution in [2.75, 3.05) is 20.3 Å². The minimum atomic E-state index is -0.683. The average Bonchev–Trinajstić information content (AvgIpc) is 2.42. The highest BCUT2D eigenvalue weighted by atomic mass is 16.5. The molecule has 112 valence electrons. The van der Waals surface area contributed by atoms with Gasteiger partial charge in [0, 0.05) is 13.7 Å². The fourth-order valence-corrected chi connectivity index (χ4v) is 1.84. The molecule has 5 N–H and O–H groups in total. The van der Waals surface area contributed by atoms with Crippen LogP contribution in [0.25, 0.3) is 0 Å². The fraction of sp³-hybridized carbons (Fsp3) is 0.500. The SMILES string of the molecule is COCC(CCO)NC(=O)C(N)Cc1ccc(O)cc1. The molecular weight excluding hydrogens is 260 g/mol. The monoisotopic (exact) mass is 282 g/mol. The molecule has 6 nitrogen and oxygen atoms in total. The van der Waals surface area contributed by atoms with Gasteiger partial charge in [-0.1, -0.05) is 12.1 Å². The normalized spacial score (nSPS) is 13.8.